The Morgan fingerprint density at radius 3 is 2.30 bits per heavy atom. The number of likely N-dealkylation sites (N-methyl/N-ethyl adjacent to an activating group) is 1. The third-order valence-corrected chi connectivity index (χ3v) is 10.3. The third-order valence-electron chi connectivity index (χ3n) is 8.29. The second-order valence-corrected chi connectivity index (χ2v) is 13.1. The number of sulfonamides is 1. The first kappa shape index (κ1) is 32.7. The fraction of sp³-hybridized carbons (Fsp3) is 0.406. The molecule has 0 bridgehead atoms. The van der Waals surface area contributed by atoms with Crippen LogP contribution in [0.25, 0.3) is 0 Å². The van der Waals surface area contributed by atoms with Crippen LogP contribution in [-0.4, -0.2) is 73.0 Å². The lowest BCUT2D eigenvalue weighted by atomic mass is 9.98. The van der Waals surface area contributed by atoms with E-state index < -0.39 is 45.8 Å². The Balaban J connectivity index is 1.73. The minimum absolute atomic E-state index is 0.0301. The zero-order chi connectivity index (χ0) is 31.3. The van der Waals surface area contributed by atoms with Gasteiger partial charge in [-0.25, -0.2) is 17.2 Å². The standard InChI is InChI=1S/C32H40F2N4O4S/c1-4-22-6-5-7-23(14-22)19-36-20-31(39)30(17-24-15-26(33)18-27(34)16-24)38(29-12-13-37(3)21(29)2)43(41,42)28-10-8-25(9-11-28)32(35)40/h5-11,14-16,18,21,29-31,36,39H,4,12-13,17,19-20H2,1-3H3,(H2,35,40)/t21?,29?,30-,31+/m0/s1. The molecule has 2 unspecified atom stereocenters. The van der Waals surface area contributed by atoms with Crippen molar-refractivity contribution in [2.45, 2.75) is 68.8 Å². The number of halogens is 2. The summed E-state index contributed by atoms with van der Waals surface area (Å²) in [4.78, 5) is 13.6. The molecule has 8 nitrogen and oxygen atoms in total. The predicted octanol–water partition coefficient (Wildman–Crippen LogP) is 3.47. The molecule has 1 saturated heterocycles. The van der Waals surface area contributed by atoms with E-state index in [4.69, 9.17) is 5.73 Å². The zero-order valence-electron chi connectivity index (χ0n) is 24.7. The maximum absolute atomic E-state index is 14.4. The number of hydrogen-bond acceptors (Lipinski definition) is 6. The minimum Gasteiger partial charge on any atom is -0.390 e. The summed E-state index contributed by atoms with van der Waals surface area (Å²) in [5.41, 5.74) is 7.93. The van der Waals surface area contributed by atoms with Gasteiger partial charge in [-0.05, 0) is 92.9 Å². The highest BCUT2D eigenvalue weighted by Crippen LogP contribution is 2.32. The number of aryl methyl sites for hydroxylation is 1. The number of amides is 1. The number of nitrogens with one attached hydrogen (secondary N) is 1. The van der Waals surface area contributed by atoms with E-state index in [1.54, 1.807) is 0 Å². The maximum atomic E-state index is 14.4. The van der Waals surface area contributed by atoms with Gasteiger partial charge in [-0.1, -0.05) is 31.2 Å². The Bertz CT molecular complexity index is 1500. The Hall–Kier alpha value is -3.22. The average molecular weight is 615 g/mol. The van der Waals surface area contributed by atoms with Crippen LogP contribution < -0.4 is 11.1 Å². The van der Waals surface area contributed by atoms with E-state index in [1.807, 2.05) is 37.1 Å². The van der Waals surface area contributed by atoms with Crippen molar-refractivity contribution in [2.24, 2.45) is 5.73 Å². The molecule has 232 valence electrons. The average Bonchev–Trinajstić information content (AvgIpc) is 3.29. The monoisotopic (exact) mass is 614 g/mol. The fourth-order valence-corrected chi connectivity index (χ4v) is 7.69. The molecule has 1 amide bonds. The summed E-state index contributed by atoms with van der Waals surface area (Å²) < 4.78 is 58.6. The normalized spacial score (nSPS) is 19.0. The Morgan fingerprint density at radius 1 is 1.07 bits per heavy atom. The largest absolute Gasteiger partial charge is 0.390 e. The number of nitrogens with two attached hydrogens (primary N) is 1. The number of primary amides is 1. The van der Waals surface area contributed by atoms with Gasteiger partial charge in [0.1, 0.15) is 11.6 Å². The van der Waals surface area contributed by atoms with E-state index in [1.165, 1.54) is 34.1 Å². The van der Waals surface area contributed by atoms with Crippen molar-refractivity contribution in [2.75, 3.05) is 20.1 Å². The maximum Gasteiger partial charge on any atom is 0.248 e. The summed E-state index contributed by atoms with van der Waals surface area (Å²) in [6, 6.07) is 14.6. The number of benzene rings is 3. The molecule has 1 heterocycles. The van der Waals surface area contributed by atoms with Gasteiger partial charge in [0.15, 0.2) is 0 Å². The molecule has 3 aromatic carbocycles. The van der Waals surface area contributed by atoms with Crippen molar-refractivity contribution in [3.63, 3.8) is 0 Å². The molecule has 0 aromatic heterocycles. The molecule has 4 rings (SSSR count). The van der Waals surface area contributed by atoms with Crippen LogP contribution in [0.3, 0.4) is 0 Å². The molecule has 11 heteroatoms. The highest BCUT2D eigenvalue weighted by atomic mass is 32.2. The molecule has 0 saturated carbocycles. The number of carbonyl (C=O) groups excluding carboxylic acids is 1. The lowest BCUT2D eigenvalue weighted by Crippen LogP contribution is -2.57. The number of hydrogen-bond donors (Lipinski definition) is 3. The van der Waals surface area contributed by atoms with Gasteiger partial charge in [-0.15, -0.1) is 0 Å². The quantitative estimate of drug-likeness (QED) is 0.272. The van der Waals surface area contributed by atoms with Crippen molar-refractivity contribution in [3.8, 4) is 0 Å². The van der Waals surface area contributed by atoms with E-state index in [0.717, 1.165) is 30.2 Å². The molecule has 1 fully saturated rings. The summed E-state index contributed by atoms with van der Waals surface area (Å²) in [6.45, 7) is 5.08. The summed E-state index contributed by atoms with van der Waals surface area (Å²) in [5.74, 6) is -2.27. The van der Waals surface area contributed by atoms with Gasteiger partial charge in [0.25, 0.3) is 0 Å². The Kier molecular flexibility index (Phi) is 10.7. The van der Waals surface area contributed by atoms with Crippen molar-refractivity contribution < 1.29 is 27.1 Å². The molecule has 43 heavy (non-hydrogen) atoms. The van der Waals surface area contributed by atoms with Crippen LogP contribution in [-0.2, 0) is 29.4 Å². The Labute approximate surface area is 252 Å². The molecule has 0 aliphatic carbocycles. The number of aliphatic hydroxyl groups excluding tert-OH is 1. The van der Waals surface area contributed by atoms with Crippen molar-refractivity contribution >= 4 is 15.9 Å². The van der Waals surface area contributed by atoms with Crippen LogP contribution >= 0.6 is 0 Å². The molecule has 4 N–H and O–H groups in total. The molecule has 0 radical (unpaired) electrons. The smallest absolute Gasteiger partial charge is 0.248 e. The van der Waals surface area contributed by atoms with Gasteiger partial charge < -0.3 is 21.1 Å². The van der Waals surface area contributed by atoms with Gasteiger partial charge in [0.2, 0.25) is 15.9 Å². The lowest BCUT2D eigenvalue weighted by Gasteiger charge is -2.40. The molecule has 1 aliphatic rings. The van der Waals surface area contributed by atoms with E-state index in [2.05, 4.69) is 18.3 Å². The van der Waals surface area contributed by atoms with Gasteiger partial charge in [-0.3, -0.25) is 4.79 Å². The minimum atomic E-state index is -4.27. The summed E-state index contributed by atoms with van der Waals surface area (Å²) in [5, 5.41) is 14.9. The third kappa shape index (κ3) is 7.84. The predicted molar refractivity (Wildman–Crippen MR) is 162 cm³/mol. The van der Waals surface area contributed by atoms with Crippen LogP contribution in [0, 0.1) is 11.6 Å². The van der Waals surface area contributed by atoms with Gasteiger partial charge in [0, 0.05) is 36.8 Å². The number of nitrogens with zero attached hydrogens (tertiary/aromatic N) is 2. The van der Waals surface area contributed by atoms with Crippen LogP contribution in [0.1, 0.15) is 47.3 Å². The zero-order valence-corrected chi connectivity index (χ0v) is 25.5. The second-order valence-electron chi connectivity index (χ2n) is 11.2. The van der Waals surface area contributed by atoms with Crippen LogP contribution in [0.2, 0.25) is 0 Å². The topological polar surface area (TPSA) is 116 Å². The highest BCUT2D eigenvalue weighted by molar-refractivity contribution is 7.89. The number of carbonyl (C=O) groups is 1. The van der Waals surface area contributed by atoms with Crippen molar-refractivity contribution in [3.05, 3.63) is 101 Å². The summed E-state index contributed by atoms with van der Waals surface area (Å²) in [7, 11) is -2.38. The van der Waals surface area contributed by atoms with E-state index in [-0.39, 0.29) is 35.0 Å². The molecule has 4 atom stereocenters. The van der Waals surface area contributed by atoms with Gasteiger partial charge in [0.05, 0.1) is 17.0 Å². The first-order chi connectivity index (χ1) is 20.4. The van der Waals surface area contributed by atoms with Crippen molar-refractivity contribution in [1.82, 2.24) is 14.5 Å². The van der Waals surface area contributed by atoms with Gasteiger partial charge in [-0.2, -0.15) is 4.31 Å². The number of rotatable bonds is 13. The van der Waals surface area contributed by atoms with E-state index in [0.29, 0.717) is 19.5 Å². The van der Waals surface area contributed by atoms with Crippen molar-refractivity contribution in [1.29, 1.82) is 0 Å². The molecule has 3 aromatic rings. The Morgan fingerprint density at radius 2 is 1.72 bits per heavy atom. The highest BCUT2D eigenvalue weighted by Gasteiger charge is 2.45. The number of likely N-dealkylation sites (tertiary alicyclic amines) is 1. The molecular formula is C32H40F2N4O4S. The summed E-state index contributed by atoms with van der Waals surface area (Å²) in [6.07, 6.45) is 0.00513. The van der Waals surface area contributed by atoms with Gasteiger partial charge >= 0.3 is 0 Å². The van der Waals surface area contributed by atoms with Crippen LogP contribution in [0.15, 0.2) is 71.6 Å². The van der Waals surface area contributed by atoms with Crippen LogP contribution in [0.4, 0.5) is 8.78 Å². The molecule has 0 spiro atoms. The molecular weight excluding hydrogens is 574 g/mol. The van der Waals surface area contributed by atoms with E-state index in [9.17, 15) is 27.1 Å². The first-order valence-corrected chi connectivity index (χ1v) is 15.9. The lowest BCUT2D eigenvalue weighted by molar-refractivity contribution is 0.0657. The first-order valence-electron chi connectivity index (χ1n) is 14.5. The summed E-state index contributed by atoms with van der Waals surface area (Å²) >= 11 is 0. The molecule has 1 aliphatic heterocycles. The number of aliphatic hydroxyl groups is 1. The fourth-order valence-electron chi connectivity index (χ4n) is 5.76. The second kappa shape index (κ2) is 14.0. The van der Waals surface area contributed by atoms with Crippen LogP contribution in [0.5, 0.6) is 0 Å². The van der Waals surface area contributed by atoms with E-state index >= 15 is 0 Å². The SMILES string of the molecule is CCc1cccc(CNC[C@@H](O)[C@H](Cc2cc(F)cc(F)c2)N(C2CCN(C)C2C)S(=O)(=O)c2ccc(C(N)=O)cc2)c1.